The van der Waals surface area contributed by atoms with Crippen LogP contribution in [-0.2, 0) is 0 Å². The molecule has 7 nitrogen and oxygen atoms in total. The Balaban J connectivity index is 2.29. The number of anilines is 2. The SMILES string of the molecule is Nc1nc(O)c(NC(=O)c2ccc(F)cc2)c(=O)[nH]1. The van der Waals surface area contributed by atoms with Crippen molar-refractivity contribution >= 4 is 17.5 Å². The molecule has 1 heterocycles. The first-order chi connectivity index (χ1) is 8.97. The molecule has 0 atom stereocenters. The summed E-state index contributed by atoms with van der Waals surface area (Å²) in [7, 11) is 0. The van der Waals surface area contributed by atoms with E-state index in [2.05, 4.69) is 15.3 Å². The molecule has 0 radical (unpaired) electrons. The molecule has 0 saturated heterocycles. The van der Waals surface area contributed by atoms with Gasteiger partial charge in [-0.2, -0.15) is 4.98 Å². The number of hydrogen-bond donors (Lipinski definition) is 4. The summed E-state index contributed by atoms with van der Waals surface area (Å²) >= 11 is 0. The third kappa shape index (κ3) is 2.68. The lowest BCUT2D eigenvalue weighted by Gasteiger charge is -2.06. The van der Waals surface area contributed by atoms with Gasteiger partial charge < -0.3 is 16.2 Å². The van der Waals surface area contributed by atoms with E-state index in [1.165, 1.54) is 12.1 Å². The summed E-state index contributed by atoms with van der Waals surface area (Å²) in [6, 6.07) is 4.67. The number of nitrogen functional groups attached to an aromatic ring is 1. The largest absolute Gasteiger partial charge is 0.492 e. The van der Waals surface area contributed by atoms with Gasteiger partial charge in [-0.3, -0.25) is 14.6 Å². The Kier molecular flexibility index (Phi) is 3.15. The van der Waals surface area contributed by atoms with E-state index in [1.54, 1.807) is 0 Å². The Morgan fingerprint density at radius 3 is 2.58 bits per heavy atom. The first-order valence-corrected chi connectivity index (χ1v) is 5.13. The minimum Gasteiger partial charge on any atom is -0.492 e. The number of halogens is 1. The number of hydrogen-bond acceptors (Lipinski definition) is 5. The lowest BCUT2D eigenvalue weighted by Crippen LogP contribution is -2.21. The van der Waals surface area contributed by atoms with Gasteiger partial charge >= 0.3 is 0 Å². The number of rotatable bonds is 2. The number of nitrogens with one attached hydrogen (secondary N) is 2. The summed E-state index contributed by atoms with van der Waals surface area (Å²) in [6.07, 6.45) is 0. The Bertz CT molecular complexity index is 681. The van der Waals surface area contributed by atoms with E-state index in [0.29, 0.717) is 0 Å². The monoisotopic (exact) mass is 264 g/mol. The fourth-order valence-electron chi connectivity index (χ4n) is 1.38. The minimum absolute atomic E-state index is 0.122. The Morgan fingerprint density at radius 1 is 1.37 bits per heavy atom. The van der Waals surface area contributed by atoms with Crippen LogP contribution >= 0.6 is 0 Å². The van der Waals surface area contributed by atoms with Gasteiger partial charge in [-0.05, 0) is 24.3 Å². The molecule has 1 amide bonds. The van der Waals surface area contributed by atoms with Crippen molar-refractivity contribution in [3.05, 3.63) is 46.0 Å². The zero-order chi connectivity index (χ0) is 14.0. The molecule has 0 unspecified atom stereocenters. The van der Waals surface area contributed by atoms with Crippen LogP contribution in [0.25, 0.3) is 0 Å². The summed E-state index contributed by atoms with van der Waals surface area (Å²) in [4.78, 5) is 28.7. The van der Waals surface area contributed by atoms with Crippen LogP contribution in [0.15, 0.2) is 29.1 Å². The highest BCUT2D eigenvalue weighted by atomic mass is 19.1. The summed E-state index contributed by atoms with van der Waals surface area (Å²) in [5, 5.41) is 11.6. The minimum atomic E-state index is -0.791. The molecule has 0 bridgehead atoms. The summed E-state index contributed by atoms with van der Waals surface area (Å²) in [6.45, 7) is 0. The van der Waals surface area contributed by atoms with Crippen molar-refractivity contribution in [2.75, 3.05) is 11.1 Å². The zero-order valence-electron chi connectivity index (χ0n) is 9.48. The van der Waals surface area contributed by atoms with E-state index in [-0.39, 0.29) is 11.5 Å². The Morgan fingerprint density at radius 2 is 2.00 bits per heavy atom. The topological polar surface area (TPSA) is 121 Å². The molecule has 98 valence electrons. The predicted octanol–water partition coefficient (Wildman–Crippen LogP) is 0.449. The smallest absolute Gasteiger partial charge is 0.280 e. The van der Waals surface area contributed by atoms with Gasteiger partial charge in [-0.1, -0.05) is 0 Å². The van der Waals surface area contributed by atoms with Crippen LogP contribution in [0.4, 0.5) is 16.0 Å². The molecule has 0 aliphatic rings. The highest BCUT2D eigenvalue weighted by Gasteiger charge is 2.14. The van der Waals surface area contributed by atoms with Crippen LogP contribution in [0, 0.1) is 5.82 Å². The van der Waals surface area contributed by atoms with Crippen LogP contribution in [0.2, 0.25) is 0 Å². The zero-order valence-corrected chi connectivity index (χ0v) is 9.48. The Hall–Kier alpha value is -2.90. The fourth-order valence-corrected chi connectivity index (χ4v) is 1.38. The molecule has 0 fully saturated rings. The maximum absolute atomic E-state index is 12.7. The van der Waals surface area contributed by atoms with Crippen molar-refractivity contribution in [2.45, 2.75) is 0 Å². The molecule has 1 aromatic carbocycles. The number of aromatic hydroxyl groups is 1. The molecule has 0 aliphatic heterocycles. The number of carbonyl (C=O) groups excluding carboxylic acids is 1. The van der Waals surface area contributed by atoms with Crippen molar-refractivity contribution in [2.24, 2.45) is 0 Å². The van der Waals surface area contributed by atoms with Gasteiger partial charge in [0.2, 0.25) is 11.8 Å². The van der Waals surface area contributed by atoms with Crippen LogP contribution in [0.5, 0.6) is 5.88 Å². The Labute approximate surface area is 105 Å². The summed E-state index contributed by atoms with van der Waals surface area (Å²) in [5.41, 5.74) is 4.11. The molecular formula is C11H9FN4O3. The van der Waals surface area contributed by atoms with E-state index >= 15 is 0 Å². The quantitative estimate of drug-likeness (QED) is 0.627. The number of amides is 1. The van der Waals surface area contributed by atoms with Crippen LogP contribution in [0.3, 0.4) is 0 Å². The van der Waals surface area contributed by atoms with Crippen molar-refractivity contribution in [3.8, 4) is 5.88 Å². The second-order valence-electron chi connectivity index (χ2n) is 3.61. The van der Waals surface area contributed by atoms with Crippen LogP contribution in [-0.4, -0.2) is 21.0 Å². The lowest BCUT2D eigenvalue weighted by molar-refractivity contribution is 0.102. The van der Waals surface area contributed by atoms with E-state index in [4.69, 9.17) is 5.73 Å². The van der Waals surface area contributed by atoms with Gasteiger partial charge in [-0.15, -0.1) is 0 Å². The third-order valence-electron chi connectivity index (χ3n) is 2.26. The lowest BCUT2D eigenvalue weighted by atomic mass is 10.2. The number of H-pyrrole nitrogens is 1. The molecule has 0 spiro atoms. The second kappa shape index (κ2) is 4.77. The number of aromatic amines is 1. The highest BCUT2D eigenvalue weighted by molar-refractivity contribution is 6.04. The van der Waals surface area contributed by atoms with Crippen molar-refractivity contribution < 1.29 is 14.3 Å². The molecule has 19 heavy (non-hydrogen) atoms. The van der Waals surface area contributed by atoms with E-state index in [9.17, 15) is 19.1 Å². The maximum Gasteiger partial charge on any atom is 0.280 e. The van der Waals surface area contributed by atoms with Crippen LogP contribution < -0.4 is 16.6 Å². The van der Waals surface area contributed by atoms with Gasteiger partial charge in [0.25, 0.3) is 11.5 Å². The third-order valence-corrected chi connectivity index (χ3v) is 2.26. The van der Waals surface area contributed by atoms with Crippen LogP contribution in [0.1, 0.15) is 10.4 Å². The maximum atomic E-state index is 12.7. The van der Waals surface area contributed by atoms with Gasteiger partial charge in [0.1, 0.15) is 5.82 Å². The van der Waals surface area contributed by atoms with Gasteiger partial charge in [0.15, 0.2) is 5.69 Å². The van der Waals surface area contributed by atoms with Gasteiger partial charge in [0, 0.05) is 5.56 Å². The average Bonchev–Trinajstić information content (AvgIpc) is 2.34. The van der Waals surface area contributed by atoms with Crippen molar-refractivity contribution in [1.29, 1.82) is 0 Å². The van der Waals surface area contributed by atoms with E-state index in [1.807, 2.05) is 0 Å². The molecular weight excluding hydrogens is 255 g/mol. The van der Waals surface area contributed by atoms with Gasteiger partial charge in [0.05, 0.1) is 0 Å². The number of nitrogens with zero attached hydrogens (tertiary/aromatic N) is 1. The number of carbonyl (C=O) groups is 1. The van der Waals surface area contributed by atoms with Gasteiger partial charge in [-0.25, -0.2) is 4.39 Å². The first-order valence-electron chi connectivity index (χ1n) is 5.13. The number of benzene rings is 1. The van der Waals surface area contributed by atoms with E-state index in [0.717, 1.165) is 12.1 Å². The predicted molar refractivity (Wildman–Crippen MR) is 65.3 cm³/mol. The summed E-state index contributed by atoms with van der Waals surface area (Å²) in [5.74, 6) is -2.15. The number of nitrogens with two attached hydrogens (primary N) is 1. The first kappa shape index (κ1) is 12.6. The molecule has 1 aromatic heterocycles. The molecule has 2 rings (SSSR count). The highest BCUT2D eigenvalue weighted by Crippen LogP contribution is 2.16. The normalized spacial score (nSPS) is 10.2. The summed E-state index contributed by atoms with van der Waals surface area (Å²) < 4.78 is 12.7. The molecule has 8 heteroatoms. The molecule has 2 aromatic rings. The molecule has 5 N–H and O–H groups in total. The number of aromatic nitrogens is 2. The van der Waals surface area contributed by atoms with Crippen molar-refractivity contribution in [1.82, 2.24) is 9.97 Å². The standard InChI is InChI=1S/C11H9FN4O3/c12-6-3-1-5(2-4-6)8(17)14-7-9(18)15-11(13)16-10(7)19/h1-4H,(H,14,17)(H4,13,15,16,18,19). The average molecular weight is 264 g/mol. The molecule has 0 saturated carbocycles. The second-order valence-corrected chi connectivity index (χ2v) is 3.61. The van der Waals surface area contributed by atoms with Crippen molar-refractivity contribution in [3.63, 3.8) is 0 Å². The van der Waals surface area contributed by atoms with E-state index < -0.39 is 28.9 Å². The molecule has 0 aliphatic carbocycles. The fraction of sp³-hybridized carbons (Fsp3) is 0.